The van der Waals surface area contributed by atoms with E-state index in [4.69, 9.17) is 0 Å². The highest BCUT2D eigenvalue weighted by molar-refractivity contribution is 7.86. The maximum atomic E-state index is 12.7. The first-order valence-corrected chi connectivity index (χ1v) is 9.87. The molecule has 2 fully saturated rings. The molecule has 0 aromatic heterocycles. The minimum Gasteiger partial charge on any atom is -0.317 e. The van der Waals surface area contributed by atoms with Gasteiger partial charge in [0.2, 0.25) is 0 Å². The molecule has 2 unspecified atom stereocenters. The van der Waals surface area contributed by atoms with Crippen LogP contribution in [0.2, 0.25) is 0 Å². The number of hydrogen-bond acceptors (Lipinski definition) is 3. The average Bonchev–Trinajstić information content (AvgIpc) is 2.50. The van der Waals surface area contributed by atoms with E-state index in [9.17, 15) is 8.42 Å². The molecule has 1 saturated carbocycles. The highest BCUT2D eigenvalue weighted by Crippen LogP contribution is 2.37. The van der Waals surface area contributed by atoms with E-state index >= 15 is 0 Å². The van der Waals surface area contributed by atoms with Gasteiger partial charge in [-0.15, -0.1) is 0 Å². The topological polar surface area (TPSA) is 52.7 Å². The van der Waals surface area contributed by atoms with Gasteiger partial charge in [-0.2, -0.15) is 17.0 Å². The molecule has 0 amide bonds. The van der Waals surface area contributed by atoms with E-state index in [1.165, 1.54) is 30.0 Å². The Kier molecular flexibility index (Phi) is 6.47. The first-order valence-electron chi connectivity index (χ1n) is 8.47. The van der Waals surface area contributed by atoms with Gasteiger partial charge in [-0.25, -0.2) is 0 Å². The van der Waals surface area contributed by atoms with Gasteiger partial charge in [0.1, 0.15) is 0 Å². The summed E-state index contributed by atoms with van der Waals surface area (Å²) < 4.78 is 28.6. The third-order valence-electron chi connectivity index (χ3n) is 5.05. The number of fused-ring (bicyclic) bond motifs is 1. The Labute approximate surface area is 130 Å². The maximum absolute atomic E-state index is 12.7. The minimum atomic E-state index is -3.26. The second-order valence-corrected chi connectivity index (χ2v) is 8.52. The van der Waals surface area contributed by atoms with Crippen molar-refractivity contribution in [1.29, 1.82) is 0 Å². The zero-order valence-corrected chi connectivity index (χ0v) is 14.4. The fourth-order valence-corrected chi connectivity index (χ4v) is 5.16. The highest BCUT2D eigenvalue weighted by atomic mass is 32.2. The van der Waals surface area contributed by atoms with Crippen LogP contribution in [-0.4, -0.2) is 56.8 Å². The lowest BCUT2D eigenvalue weighted by atomic mass is 9.76. The van der Waals surface area contributed by atoms with E-state index < -0.39 is 10.2 Å². The maximum Gasteiger partial charge on any atom is 0.281 e. The Morgan fingerprint density at radius 3 is 2.62 bits per heavy atom. The van der Waals surface area contributed by atoms with Crippen molar-refractivity contribution >= 4 is 10.2 Å². The lowest BCUT2D eigenvalue weighted by Crippen LogP contribution is -2.49. The molecule has 0 bridgehead atoms. The van der Waals surface area contributed by atoms with E-state index in [1.54, 1.807) is 11.4 Å². The second kappa shape index (κ2) is 7.90. The molecular weight excluding hydrogens is 286 g/mol. The molecule has 1 aliphatic carbocycles. The molecule has 0 aromatic rings. The number of piperidine rings is 1. The van der Waals surface area contributed by atoms with Gasteiger partial charge >= 0.3 is 0 Å². The predicted octanol–water partition coefficient (Wildman–Crippen LogP) is 1.67. The van der Waals surface area contributed by atoms with E-state index in [-0.39, 0.29) is 0 Å². The van der Waals surface area contributed by atoms with E-state index in [0.717, 1.165) is 38.4 Å². The Hall–Kier alpha value is -0.170. The van der Waals surface area contributed by atoms with E-state index in [0.29, 0.717) is 19.0 Å². The molecule has 1 heterocycles. The van der Waals surface area contributed by atoms with Crippen molar-refractivity contribution in [3.63, 3.8) is 0 Å². The number of hydrogen-bond donors (Lipinski definition) is 1. The summed E-state index contributed by atoms with van der Waals surface area (Å²) in [6.07, 6.45) is 7.03. The van der Waals surface area contributed by atoms with Crippen LogP contribution in [0.4, 0.5) is 0 Å². The zero-order chi connectivity index (χ0) is 15.3. The Balaban J connectivity index is 1.86. The third kappa shape index (κ3) is 4.41. The first kappa shape index (κ1) is 17.2. The summed E-state index contributed by atoms with van der Waals surface area (Å²) in [5.74, 6) is 1.36. The molecule has 2 rings (SSSR count). The van der Waals surface area contributed by atoms with Gasteiger partial charge in [0.15, 0.2) is 0 Å². The van der Waals surface area contributed by atoms with Crippen LogP contribution < -0.4 is 5.32 Å². The summed E-state index contributed by atoms with van der Waals surface area (Å²) in [5.41, 5.74) is 0. The minimum absolute atomic E-state index is 0.595. The molecule has 1 N–H and O–H groups in total. The van der Waals surface area contributed by atoms with Gasteiger partial charge < -0.3 is 5.32 Å². The summed E-state index contributed by atoms with van der Waals surface area (Å²) in [5, 5.41) is 3.24. The lowest BCUT2D eigenvalue weighted by molar-refractivity contribution is 0.132. The Bertz CT molecular complexity index is 413. The van der Waals surface area contributed by atoms with Crippen molar-refractivity contribution in [2.45, 2.75) is 45.4 Å². The SMILES string of the molecule is CCNCCCN(C)S(=O)(=O)N1CCC2CCCCC2C1. The molecular formula is C15H31N3O2S. The molecule has 2 atom stereocenters. The van der Waals surface area contributed by atoms with Crippen molar-refractivity contribution in [2.24, 2.45) is 11.8 Å². The number of nitrogens with one attached hydrogen (secondary N) is 1. The molecule has 1 aliphatic heterocycles. The molecule has 21 heavy (non-hydrogen) atoms. The van der Waals surface area contributed by atoms with Crippen LogP contribution in [-0.2, 0) is 10.2 Å². The largest absolute Gasteiger partial charge is 0.317 e. The normalized spacial score (nSPS) is 27.8. The van der Waals surface area contributed by atoms with E-state index in [1.807, 2.05) is 0 Å². The van der Waals surface area contributed by atoms with Crippen LogP contribution in [0.25, 0.3) is 0 Å². The molecule has 124 valence electrons. The van der Waals surface area contributed by atoms with Gasteiger partial charge in [0.05, 0.1) is 0 Å². The van der Waals surface area contributed by atoms with Crippen LogP contribution in [0.3, 0.4) is 0 Å². The molecule has 1 saturated heterocycles. The summed E-state index contributed by atoms with van der Waals surface area (Å²) in [4.78, 5) is 0. The van der Waals surface area contributed by atoms with Gasteiger partial charge in [-0.1, -0.05) is 26.2 Å². The van der Waals surface area contributed by atoms with Crippen LogP contribution in [0.1, 0.15) is 45.4 Å². The lowest BCUT2D eigenvalue weighted by Gasteiger charge is -2.41. The quantitative estimate of drug-likeness (QED) is 0.727. The fraction of sp³-hybridized carbons (Fsp3) is 1.00. The number of rotatable bonds is 7. The van der Waals surface area contributed by atoms with Crippen molar-refractivity contribution in [1.82, 2.24) is 13.9 Å². The molecule has 0 aromatic carbocycles. The van der Waals surface area contributed by atoms with Gasteiger partial charge in [0.25, 0.3) is 10.2 Å². The smallest absolute Gasteiger partial charge is 0.281 e. The van der Waals surface area contributed by atoms with Crippen LogP contribution in [0, 0.1) is 11.8 Å². The molecule has 2 aliphatic rings. The standard InChI is InChI=1S/C15H31N3O2S/c1-3-16-10-6-11-17(2)21(19,20)18-12-9-14-7-4-5-8-15(14)13-18/h14-16H,3-13H2,1-2H3. The average molecular weight is 317 g/mol. The predicted molar refractivity (Wildman–Crippen MR) is 86.3 cm³/mol. The van der Waals surface area contributed by atoms with Crippen molar-refractivity contribution in [2.75, 3.05) is 39.8 Å². The molecule has 5 nitrogen and oxygen atoms in total. The van der Waals surface area contributed by atoms with Crippen molar-refractivity contribution in [3.05, 3.63) is 0 Å². The monoisotopic (exact) mass is 317 g/mol. The van der Waals surface area contributed by atoms with Gasteiger partial charge in [-0.05, 0) is 44.2 Å². The van der Waals surface area contributed by atoms with Crippen molar-refractivity contribution in [3.8, 4) is 0 Å². The summed E-state index contributed by atoms with van der Waals surface area (Å²) in [6.45, 7) is 5.92. The summed E-state index contributed by atoms with van der Waals surface area (Å²) >= 11 is 0. The second-order valence-electron chi connectivity index (χ2n) is 6.49. The van der Waals surface area contributed by atoms with Crippen LogP contribution >= 0.6 is 0 Å². The Morgan fingerprint density at radius 1 is 1.19 bits per heavy atom. The third-order valence-corrected chi connectivity index (χ3v) is 7.01. The zero-order valence-electron chi connectivity index (χ0n) is 13.6. The molecule has 0 spiro atoms. The van der Waals surface area contributed by atoms with Crippen LogP contribution in [0.5, 0.6) is 0 Å². The molecule has 0 radical (unpaired) electrons. The number of nitrogens with zero attached hydrogens (tertiary/aromatic N) is 2. The van der Waals surface area contributed by atoms with Gasteiger partial charge in [0, 0.05) is 26.7 Å². The summed E-state index contributed by atoms with van der Waals surface area (Å²) in [6, 6.07) is 0. The highest BCUT2D eigenvalue weighted by Gasteiger charge is 2.37. The van der Waals surface area contributed by atoms with Crippen molar-refractivity contribution < 1.29 is 8.42 Å². The first-order chi connectivity index (χ1) is 10.1. The molecule has 6 heteroatoms. The summed E-state index contributed by atoms with van der Waals surface area (Å²) in [7, 11) is -1.54. The fourth-order valence-electron chi connectivity index (χ4n) is 3.69. The van der Waals surface area contributed by atoms with E-state index in [2.05, 4.69) is 12.2 Å². The van der Waals surface area contributed by atoms with Gasteiger partial charge in [-0.3, -0.25) is 0 Å². The Morgan fingerprint density at radius 2 is 1.90 bits per heavy atom. The van der Waals surface area contributed by atoms with Crippen LogP contribution in [0.15, 0.2) is 0 Å².